The number of aliphatic hydroxyl groups excluding tert-OH is 1. The standard InChI is InChI=1S/C7H15NO2/c1-3-6(8)4-5-7(9)10-2/h4-7,9H,3,8H2,1-2H3/b5-4+/t6-,7?/m0/s1. The van der Waals surface area contributed by atoms with Crippen LogP contribution in [0, 0.1) is 0 Å². The number of hydrogen-bond acceptors (Lipinski definition) is 3. The molecule has 0 heterocycles. The molecule has 3 nitrogen and oxygen atoms in total. The highest BCUT2D eigenvalue weighted by Gasteiger charge is 1.94. The monoisotopic (exact) mass is 145 g/mol. The van der Waals surface area contributed by atoms with Gasteiger partial charge in [0.25, 0.3) is 0 Å². The third-order valence-electron chi connectivity index (χ3n) is 1.24. The molecule has 3 heteroatoms. The van der Waals surface area contributed by atoms with E-state index in [0.717, 1.165) is 6.42 Å². The summed E-state index contributed by atoms with van der Waals surface area (Å²) in [7, 11) is 1.44. The third kappa shape index (κ3) is 4.49. The maximum absolute atomic E-state index is 8.84. The molecule has 0 aliphatic carbocycles. The van der Waals surface area contributed by atoms with Crippen LogP contribution in [0.4, 0.5) is 0 Å². The van der Waals surface area contributed by atoms with Gasteiger partial charge < -0.3 is 15.6 Å². The number of hydrogen-bond donors (Lipinski definition) is 2. The van der Waals surface area contributed by atoms with Crippen LogP contribution < -0.4 is 5.73 Å². The first-order chi connectivity index (χ1) is 4.70. The third-order valence-corrected chi connectivity index (χ3v) is 1.24. The molecule has 0 aromatic heterocycles. The normalized spacial score (nSPS) is 17.6. The van der Waals surface area contributed by atoms with Crippen molar-refractivity contribution in [3.63, 3.8) is 0 Å². The van der Waals surface area contributed by atoms with Crippen molar-refractivity contribution < 1.29 is 9.84 Å². The second-order valence-corrected chi connectivity index (χ2v) is 2.08. The fourth-order valence-corrected chi connectivity index (χ4v) is 0.452. The van der Waals surface area contributed by atoms with Gasteiger partial charge in [0, 0.05) is 13.2 Å². The minimum Gasteiger partial charge on any atom is -0.365 e. The Morgan fingerprint density at radius 2 is 2.20 bits per heavy atom. The highest BCUT2D eigenvalue weighted by molar-refractivity contribution is 4.92. The summed E-state index contributed by atoms with van der Waals surface area (Å²) in [4.78, 5) is 0. The smallest absolute Gasteiger partial charge is 0.173 e. The molecule has 0 aromatic carbocycles. The predicted molar refractivity (Wildman–Crippen MR) is 40.4 cm³/mol. The zero-order valence-corrected chi connectivity index (χ0v) is 6.45. The lowest BCUT2D eigenvalue weighted by atomic mass is 10.2. The van der Waals surface area contributed by atoms with Crippen LogP contribution in [0.5, 0.6) is 0 Å². The Bertz CT molecular complexity index is 91.8. The summed E-state index contributed by atoms with van der Waals surface area (Å²) in [6, 6.07) is 0.0183. The second kappa shape index (κ2) is 5.41. The van der Waals surface area contributed by atoms with E-state index < -0.39 is 6.29 Å². The molecule has 0 bridgehead atoms. The summed E-state index contributed by atoms with van der Waals surface area (Å²) >= 11 is 0. The van der Waals surface area contributed by atoms with Crippen molar-refractivity contribution in [2.45, 2.75) is 25.7 Å². The van der Waals surface area contributed by atoms with Gasteiger partial charge in [0.2, 0.25) is 0 Å². The van der Waals surface area contributed by atoms with Crippen molar-refractivity contribution in [1.82, 2.24) is 0 Å². The van der Waals surface area contributed by atoms with Gasteiger partial charge in [-0.05, 0) is 12.5 Å². The van der Waals surface area contributed by atoms with Crippen molar-refractivity contribution >= 4 is 0 Å². The zero-order valence-electron chi connectivity index (χ0n) is 6.45. The van der Waals surface area contributed by atoms with Gasteiger partial charge in [-0.1, -0.05) is 13.0 Å². The van der Waals surface area contributed by atoms with Gasteiger partial charge in [-0.3, -0.25) is 0 Å². The van der Waals surface area contributed by atoms with Crippen molar-refractivity contribution in [1.29, 1.82) is 0 Å². The molecule has 0 fully saturated rings. The maximum Gasteiger partial charge on any atom is 0.173 e. The number of methoxy groups -OCH3 is 1. The van der Waals surface area contributed by atoms with Gasteiger partial charge in [0.15, 0.2) is 6.29 Å². The van der Waals surface area contributed by atoms with E-state index in [2.05, 4.69) is 4.74 Å². The molecule has 0 saturated carbocycles. The average molecular weight is 145 g/mol. The van der Waals surface area contributed by atoms with Crippen molar-refractivity contribution in [3.05, 3.63) is 12.2 Å². The molecule has 0 spiro atoms. The van der Waals surface area contributed by atoms with Gasteiger partial charge in [0.1, 0.15) is 0 Å². The predicted octanol–water partition coefficient (Wildman–Crippen LogP) is 0.245. The molecule has 0 saturated heterocycles. The van der Waals surface area contributed by atoms with Crippen LogP contribution in [-0.2, 0) is 4.74 Å². The van der Waals surface area contributed by atoms with Crippen LogP contribution in [0.25, 0.3) is 0 Å². The van der Waals surface area contributed by atoms with E-state index >= 15 is 0 Å². The summed E-state index contributed by atoms with van der Waals surface area (Å²) < 4.78 is 4.56. The lowest BCUT2D eigenvalue weighted by Crippen LogP contribution is -2.16. The summed E-state index contributed by atoms with van der Waals surface area (Å²) in [6.45, 7) is 1.98. The Kier molecular flexibility index (Phi) is 5.20. The lowest BCUT2D eigenvalue weighted by molar-refractivity contribution is -0.0358. The summed E-state index contributed by atoms with van der Waals surface area (Å²) in [5.74, 6) is 0. The van der Waals surface area contributed by atoms with Gasteiger partial charge in [0.05, 0.1) is 0 Å². The summed E-state index contributed by atoms with van der Waals surface area (Å²) in [6.07, 6.45) is 3.31. The molecule has 3 N–H and O–H groups in total. The summed E-state index contributed by atoms with van der Waals surface area (Å²) in [5, 5.41) is 8.84. The quantitative estimate of drug-likeness (QED) is 0.440. The highest BCUT2D eigenvalue weighted by atomic mass is 16.6. The zero-order chi connectivity index (χ0) is 7.98. The van der Waals surface area contributed by atoms with Crippen molar-refractivity contribution in [3.8, 4) is 0 Å². The van der Waals surface area contributed by atoms with Crippen LogP contribution in [-0.4, -0.2) is 24.5 Å². The molecule has 0 aromatic rings. The van der Waals surface area contributed by atoms with Crippen LogP contribution in [0.2, 0.25) is 0 Å². The molecular formula is C7H15NO2. The van der Waals surface area contributed by atoms with Gasteiger partial charge in [-0.25, -0.2) is 0 Å². The fourth-order valence-electron chi connectivity index (χ4n) is 0.452. The highest BCUT2D eigenvalue weighted by Crippen LogP contribution is 1.91. The number of ether oxygens (including phenoxy) is 1. The number of aliphatic hydroxyl groups is 1. The molecular weight excluding hydrogens is 130 g/mol. The van der Waals surface area contributed by atoms with E-state index in [4.69, 9.17) is 10.8 Å². The molecule has 0 radical (unpaired) electrons. The van der Waals surface area contributed by atoms with Crippen LogP contribution >= 0.6 is 0 Å². The molecule has 0 amide bonds. The van der Waals surface area contributed by atoms with Gasteiger partial charge >= 0.3 is 0 Å². The van der Waals surface area contributed by atoms with E-state index in [1.807, 2.05) is 6.92 Å². The Balaban J connectivity index is 3.52. The first-order valence-electron chi connectivity index (χ1n) is 3.35. The first kappa shape index (κ1) is 9.62. The fraction of sp³-hybridized carbons (Fsp3) is 0.714. The minimum absolute atomic E-state index is 0.0183. The molecule has 10 heavy (non-hydrogen) atoms. The van der Waals surface area contributed by atoms with Gasteiger partial charge in [-0.2, -0.15) is 0 Å². The number of nitrogens with two attached hydrogens (primary N) is 1. The molecule has 0 aliphatic heterocycles. The Labute approximate surface area is 61.5 Å². The lowest BCUT2D eigenvalue weighted by Gasteiger charge is -2.03. The molecule has 1 unspecified atom stereocenters. The van der Waals surface area contributed by atoms with E-state index in [1.165, 1.54) is 13.2 Å². The SMILES string of the molecule is CC[C@H](N)/C=C/C(O)OC. The minimum atomic E-state index is -0.822. The Hall–Kier alpha value is -0.380. The van der Waals surface area contributed by atoms with Crippen molar-refractivity contribution in [2.24, 2.45) is 5.73 Å². The largest absolute Gasteiger partial charge is 0.365 e. The van der Waals surface area contributed by atoms with Crippen LogP contribution in [0.15, 0.2) is 12.2 Å². The van der Waals surface area contributed by atoms with E-state index in [0.29, 0.717) is 0 Å². The average Bonchev–Trinajstić information content (AvgIpc) is 1.99. The molecule has 0 aliphatic rings. The second-order valence-electron chi connectivity index (χ2n) is 2.08. The van der Waals surface area contributed by atoms with E-state index in [1.54, 1.807) is 6.08 Å². The Morgan fingerprint density at radius 3 is 2.60 bits per heavy atom. The topological polar surface area (TPSA) is 55.5 Å². The Morgan fingerprint density at radius 1 is 1.60 bits per heavy atom. The van der Waals surface area contributed by atoms with E-state index in [9.17, 15) is 0 Å². The maximum atomic E-state index is 8.84. The molecule has 60 valence electrons. The summed E-state index contributed by atoms with van der Waals surface area (Å²) in [5.41, 5.74) is 5.52. The van der Waals surface area contributed by atoms with Crippen LogP contribution in [0.1, 0.15) is 13.3 Å². The van der Waals surface area contributed by atoms with Crippen LogP contribution in [0.3, 0.4) is 0 Å². The van der Waals surface area contributed by atoms with E-state index in [-0.39, 0.29) is 6.04 Å². The first-order valence-corrected chi connectivity index (χ1v) is 3.35. The molecule has 0 rings (SSSR count). The number of rotatable bonds is 4. The van der Waals surface area contributed by atoms with Gasteiger partial charge in [-0.15, -0.1) is 0 Å². The van der Waals surface area contributed by atoms with Crippen molar-refractivity contribution in [2.75, 3.05) is 7.11 Å². The molecule has 2 atom stereocenters.